The van der Waals surface area contributed by atoms with Crippen LogP contribution in [-0.2, 0) is 10.0 Å². The van der Waals surface area contributed by atoms with Crippen LogP contribution in [0.5, 0.6) is 0 Å². The van der Waals surface area contributed by atoms with Gasteiger partial charge in [0.25, 0.3) is 10.0 Å². The fourth-order valence-electron chi connectivity index (χ4n) is 2.67. The van der Waals surface area contributed by atoms with Gasteiger partial charge in [0, 0.05) is 11.1 Å². The van der Waals surface area contributed by atoms with Gasteiger partial charge in [0.1, 0.15) is 5.82 Å². The SMILES string of the molecule is O=S(=O)(Nc1ccc(NC2CCCC2)nc1)c1cccc(Cl)c1. The average Bonchev–Trinajstić information content (AvgIpc) is 3.02. The molecule has 2 aromatic rings. The number of aromatic nitrogens is 1. The van der Waals surface area contributed by atoms with Crippen LogP contribution in [0.4, 0.5) is 11.5 Å². The first-order chi connectivity index (χ1) is 11.0. The van der Waals surface area contributed by atoms with Crippen molar-refractivity contribution in [2.75, 3.05) is 10.0 Å². The third-order valence-corrected chi connectivity index (χ3v) is 5.44. The summed E-state index contributed by atoms with van der Waals surface area (Å²) in [7, 11) is -3.67. The molecule has 0 spiro atoms. The molecule has 0 aliphatic heterocycles. The molecule has 1 aliphatic carbocycles. The van der Waals surface area contributed by atoms with Crippen LogP contribution in [-0.4, -0.2) is 19.4 Å². The quantitative estimate of drug-likeness (QED) is 0.857. The Balaban J connectivity index is 1.70. The van der Waals surface area contributed by atoms with E-state index < -0.39 is 10.0 Å². The Morgan fingerprint density at radius 3 is 2.57 bits per heavy atom. The van der Waals surface area contributed by atoms with Gasteiger partial charge in [-0.15, -0.1) is 0 Å². The van der Waals surface area contributed by atoms with Crippen LogP contribution >= 0.6 is 11.6 Å². The third kappa shape index (κ3) is 4.14. The normalized spacial score (nSPS) is 15.5. The Bertz CT molecular complexity index is 772. The molecule has 0 saturated heterocycles. The molecule has 3 rings (SSSR count). The molecule has 1 aromatic heterocycles. The number of rotatable bonds is 5. The van der Waals surface area contributed by atoms with Crippen molar-refractivity contribution in [1.29, 1.82) is 0 Å². The number of hydrogen-bond donors (Lipinski definition) is 2. The Morgan fingerprint density at radius 1 is 1.13 bits per heavy atom. The standard InChI is InChI=1S/C16H18ClN3O2S/c17-12-4-3-7-15(10-12)23(21,22)20-14-8-9-16(18-11-14)19-13-5-1-2-6-13/h3-4,7-11,13,20H,1-2,5-6H2,(H,18,19). The van der Waals surface area contributed by atoms with E-state index in [1.165, 1.54) is 31.2 Å². The van der Waals surface area contributed by atoms with E-state index in [1.807, 2.05) is 0 Å². The number of pyridine rings is 1. The monoisotopic (exact) mass is 351 g/mol. The number of hydrogen-bond acceptors (Lipinski definition) is 4. The molecule has 1 aliphatic rings. The largest absolute Gasteiger partial charge is 0.367 e. The predicted molar refractivity (Wildman–Crippen MR) is 92.4 cm³/mol. The summed E-state index contributed by atoms with van der Waals surface area (Å²) < 4.78 is 27.1. The molecule has 0 bridgehead atoms. The van der Waals surface area contributed by atoms with Crippen molar-refractivity contribution in [2.45, 2.75) is 36.6 Å². The lowest BCUT2D eigenvalue weighted by Crippen LogP contribution is -2.16. The van der Waals surface area contributed by atoms with E-state index in [9.17, 15) is 8.42 Å². The molecule has 122 valence electrons. The van der Waals surface area contributed by atoms with Gasteiger partial charge in [-0.1, -0.05) is 30.5 Å². The van der Waals surface area contributed by atoms with E-state index in [4.69, 9.17) is 11.6 Å². The van der Waals surface area contributed by atoms with Crippen molar-refractivity contribution < 1.29 is 8.42 Å². The summed E-state index contributed by atoms with van der Waals surface area (Å²) in [4.78, 5) is 4.40. The molecule has 1 fully saturated rings. The van der Waals surface area contributed by atoms with Crippen LogP contribution < -0.4 is 10.0 Å². The maximum atomic E-state index is 12.3. The third-order valence-electron chi connectivity index (χ3n) is 3.83. The molecule has 2 N–H and O–H groups in total. The second-order valence-corrected chi connectivity index (χ2v) is 7.74. The highest BCUT2D eigenvalue weighted by Gasteiger charge is 2.16. The van der Waals surface area contributed by atoms with Crippen molar-refractivity contribution in [2.24, 2.45) is 0 Å². The Labute approximate surface area is 141 Å². The molecule has 0 amide bonds. The predicted octanol–water partition coefficient (Wildman–Crippen LogP) is 3.89. The van der Waals surface area contributed by atoms with Crippen LogP contribution in [0.2, 0.25) is 5.02 Å². The van der Waals surface area contributed by atoms with Crippen molar-refractivity contribution in [3.8, 4) is 0 Å². The van der Waals surface area contributed by atoms with Crippen LogP contribution in [0.3, 0.4) is 0 Å². The molecular weight excluding hydrogens is 334 g/mol. The van der Waals surface area contributed by atoms with Crippen LogP contribution in [0.1, 0.15) is 25.7 Å². The van der Waals surface area contributed by atoms with E-state index in [2.05, 4.69) is 15.0 Å². The first-order valence-corrected chi connectivity index (χ1v) is 9.40. The van der Waals surface area contributed by atoms with Gasteiger partial charge in [0.15, 0.2) is 0 Å². The van der Waals surface area contributed by atoms with Crippen molar-refractivity contribution in [3.05, 3.63) is 47.6 Å². The van der Waals surface area contributed by atoms with E-state index in [0.29, 0.717) is 16.8 Å². The minimum absolute atomic E-state index is 0.123. The highest BCUT2D eigenvalue weighted by Crippen LogP contribution is 2.23. The lowest BCUT2D eigenvalue weighted by atomic mass is 10.2. The van der Waals surface area contributed by atoms with E-state index in [1.54, 1.807) is 24.3 Å². The molecule has 0 atom stereocenters. The zero-order valence-corrected chi connectivity index (χ0v) is 14.1. The molecule has 5 nitrogen and oxygen atoms in total. The van der Waals surface area contributed by atoms with Gasteiger partial charge in [-0.05, 0) is 43.2 Å². The number of halogens is 1. The summed E-state index contributed by atoms with van der Waals surface area (Å²) in [6.07, 6.45) is 6.32. The minimum Gasteiger partial charge on any atom is -0.367 e. The Kier molecular flexibility index (Phi) is 4.73. The van der Waals surface area contributed by atoms with Crippen LogP contribution in [0, 0.1) is 0 Å². The molecule has 1 saturated carbocycles. The molecule has 1 heterocycles. The summed E-state index contributed by atoms with van der Waals surface area (Å²) in [5.41, 5.74) is 0.418. The fraction of sp³-hybridized carbons (Fsp3) is 0.312. The lowest BCUT2D eigenvalue weighted by Gasteiger charge is -2.13. The van der Waals surface area contributed by atoms with Gasteiger partial charge < -0.3 is 5.32 Å². The van der Waals surface area contributed by atoms with E-state index in [-0.39, 0.29) is 4.90 Å². The molecule has 1 aromatic carbocycles. The Morgan fingerprint density at radius 2 is 1.91 bits per heavy atom. The maximum absolute atomic E-state index is 12.3. The van der Waals surface area contributed by atoms with Gasteiger partial charge in [0.05, 0.1) is 16.8 Å². The summed E-state index contributed by atoms with van der Waals surface area (Å²) in [5.74, 6) is 0.766. The average molecular weight is 352 g/mol. The molecule has 0 unspecified atom stereocenters. The number of sulfonamides is 1. The van der Waals surface area contributed by atoms with Crippen molar-refractivity contribution in [1.82, 2.24) is 4.98 Å². The van der Waals surface area contributed by atoms with Gasteiger partial charge in [0.2, 0.25) is 0 Å². The van der Waals surface area contributed by atoms with Crippen molar-refractivity contribution in [3.63, 3.8) is 0 Å². The van der Waals surface area contributed by atoms with Crippen molar-refractivity contribution >= 4 is 33.1 Å². The number of benzene rings is 1. The van der Waals surface area contributed by atoms with Crippen LogP contribution in [0.25, 0.3) is 0 Å². The highest BCUT2D eigenvalue weighted by molar-refractivity contribution is 7.92. The highest BCUT2D eigenvalue weighted by atomic mass is 35.5. The second-order valence-electron chi connectivity index (χ2n) is 5.62. The fourth-order valence-corrected chi connectivity index (χ4v) is 4.01. The summed E-state index contributed by atoms with van der Waals surface area (Å²) >= 11 is 5.84. The van der Waals surface area contributed by atoms with E-state index in [0.717, 1.165) is 18.7 Å². The first kappa shape index (κ1) is 16.1. The Hall–Kier alpha value is -1.79. The van der Waals surface area contributed by atoms with Gasteiger partial charge >= 0.3 is 0 Å². The minimum atomic E-state index is -3.67. The van der Waals surface area contributed by atoms with Crippen LogP contribution in [0.15, 0.2) is 47.5 Å². The second kappa shape index (κ2) is 6.76. The van der Waals surface area contributed by atoms with Gasteiger partial charge in [-0.25, -0.2) is 13.4 Å². The number of anilines is 2. The first-order valence-electron chi connectivity index (χ1n) is 7.54. The zero-order valence-electron chi connectivity index (χ0n) is 12.5. The smallest absolute Gasteiger partial charge is 0.261 e. The summed E-state index contributed by atoms with van der Waals surface area (Å²) in [6, 6.07) is 10.1. The molecule has 7 heteroatoms. The van der Waals surface area contributed by atoms with Gasteiger partial charge in [-0.2, -0.15) is 0 Å². The van der Waals surface area contributed by atoms with Gasteiger partial charge in [-0.3, -0.25) is 4.72 Å². The number of nitrogens with one attached hydrogen (secondary N) is 2. The maximum Gasteiger partial charge on any atom is 0.261 e. The van der Waals surface area contributed by atoms with E-state index >= 15 is 0 Å². The zero-order chi connectivity index (χ0) is 16.3. The molecule has 23 heavy (non-hydrogen) atoms. The topological polar surface area (TPSA) is 71.1 Å². The number of nitrogens with zero attached hydrogens (tertiary/aromatic N) is 1. The lowest BCUT2D eigenvalue weighted by molar-refractivity contribution is 0.601. The summed E-state index contributed by atoms with van der Waals surface area (Å²) in [5, 5.41) is 3.74. The summed E-state index contributed by atoms with van der Waals surface area (Å²) in [6.45, 7) is 0. The molecule has 0 radical (unpaired) electrons. The molecular formula is C16H18ClN3O2S.